The SMILES string of the molecule is CC1CC(C)CN(C2(CN)CCN3CCC2C3)C1. The van der Waals surface area contributed by atoms with Crippen LogP contribution in [0.5, 0.6) is 0 Å². The van der Waals surface area contributed by atoms with Gasteiger partial charge >= 0.3 is 0 Å². The van der Waals surface area contributed by atoms with Crippen LogP contribution in [0.3, 0.4) is 0 Å². The Morgan fingerprint density at radius 3 is 2.50 bits per heavy atom. The predicted molar refractivity (Wildman–Crippen MR) is 75.5 cm³/mol. The molecule has 2 N–H and O–H groups in total. The molecule has 0 amide bonds. The molecule has 3 rings (SSSR count). The average molecular weight is 251 g/mol. The van der Waals surface area contributed by atoms with Gasteiger partial charge in [0.15, 0.2) is 0 Å². The highest BCUT2D eigenvalue weighted by Gasteiger charge is 2.49. The number of likely N-dealkylation sites (tertiary alicyclic amines) is 1. The van der Waals surface area contributed by atoms with E-state index in [0.717, 1.165) is 24.3 Å². The normalized spacial score (nSPS) is 49.5. The Kier molecular flexibility index (Phi) is 3.41. The lowest BCUT2D eigenvalue weighted by atomic mass is 9.75. The number of fused-ring (bicyclic) bond motifs is 2. The smallest absolute Gasteiger partial charge is 0.0384 e. The van der Waals surface area contributed by atoms with Gasteiger partial charge in [0, 0.05) is 31.7 Å². The molecule has 3 saturated heterocycles. The van der Waals surface area contributed by atoms with Crippen LogP contribution in [0.4, 0.5) is 0 Å². The van der Waals surface area contributed by atoms with Gasteiger partial charge in [-0.1, -0.05) is 13.8 Å². The fourth-order valence-corrected chi connectivity index (χ4v) is 4.87. The lowest BCUT2D eigenvalue weighted by Crippen LogP contribution is -2.64. The Balaban J connectivity index is 1.82. The number of nitrogens with two attached hydrogens (primary N) is 1. The van der Waals surface area contributed by atoms with E-state index in [1.165, 1.54) is 52.0 Å². The van der Waals surface area contributed by atoms with Crippen molar-refractivity contribution in [3.63, 3.8) is 0 Å². The molecule has 2 bridgehead atoms. The molecule has 0 aromatic carbocycles. The molecular weight excluding hydrogens is 222 g/mol. The molecule has 0 aromatic heterocycles. The Morgan fingerprint density at radius 1 is 1.11 bits per heavy atom. The van der Waals surface area contributed by atoms with Crippen LogP contribution in [0.15, 0.2) is 0 Å². The lowest BCUT2D eigenvalue weighted by Gasteiger charge is -2.53. The molecule has 3 aliphatic heterocycles. The summed E-state index contributed by atoms with van der Waals surface area (Å²) in [5.74, 6) is 2.52. The number of piperidine rings is 2. The van der Waals surface area contributed by atoms with Gasteiger partial charge in [0.05, 0.1) is 0 Å². The average Bonchev–Trinajstić information content (AvgIpc) is 2.73. The highest BCUT2D eigenvalue weighted by Crippen LogP contribution is 2.41. The van der Waals surface area contributed by atoms with Crippen LogP contribution in [-0.2, 0) is 0 Å². The van der Waals surface area contributed by atoms with Crippen LogP contribution in [0.2, 0.25) is 0 Å². The minimum atomic E-state index is 0.329. The molecule has 3 heteroatoms. The van der Waals surface area contributed by atoms with Crippen molar-refractivity contribution in [2.75, 3.05) is 39.3 Å². The standard InChI is InChI=1S/C15H29N3/c1-12-7-13(2)9-18(8-12)15(11-16)4-6-17-5-3-14(15)10-17/h12-14H,3-11,16H2,1-2H3. The minimum absolute atomic E-state index is 0.329. The van der Waals surface area contributed by atoms with Gasteiger partial charge in [-0.05, 0) is 50.1 Å². The second kappa shape index (κ2) is 4.77. The van der Waals surface area contributed by atoms with Gasteiger partial charge in [0.2, 0.25) is 0 Å². The van der Waals surface area contributed by atoms with Gasteiger partial charge in [0.25, 0.3) is 0 Å². The van der Waals surface area contributed by atoms with E-state index in [1.807, 2.05) is 0 Å². The fraction of sp³-hybridized carbons (Fsp3) is 1.00. The van der Waals surface area contributed by atoms with E-state index < -0.39 is 0 Å². The van der Waals surface area contributed by atoms with E-state index in [1.54, 1.807) is 0 Å². The van der Waals surface area contributed by atoms with Crippen molar-refractivity contribution in [2.24, 2.45) is 23.5 Å². The van der Waals surface area contributed by atoms with Crippen molar-refractivity contribution >= 4 is 0 Å². The molecular formula is C15H29N3. The summed E-state index contributed by atoms with van der Waals surface area (Å²) in [6.45, 7) is 12.1. The zero-order valence-electron chi connectivity index (χ0n) is 12.1. The Hall–Kier alpha value is -0.120. The van der Waals surface area contributed by atoms with Crippen molar-refractivity contribution in [3.05, 3.63) is 0 Å². The molecule has 3 heterocycles. The maximum absolute atomic E-state index is 6.28. The van der Waals surface area contributed by atoms with Crippen LogP contribution in [0.1, 0.15) is 33.1 Å². The summed E-state index contributed by atoms with van der Waals surface area (Å²) in [6, 6.07) is 0. The summed E-state index contributed by atoms with van der Waals surface area (Å²) in [5.41, 5.74) is 6.61. The summed E-state index contributed by atoms with van der Waals surface area (Å²) in [5, 5.41) is 0. The second-order valence-corrected chi connectivity index (χ2v) is 7.19. The molecule has 0 aromatic rings. The number of hydrogen-bond acceptors (Lipinski definition) is 3. The Morgan fingerprint density at radius 2 is 1.83 bits per heavy atom. The molecule has 5 unspecified atom stereocenters. The van der Waals surface area contributed by atoms with Gasteiger partial charge < -0.3 is 10.6 Å². The molecule has 0 spiro atoms. The van der Waals surface area contributed by atoms with E-state index in [2.05, 4.69) is 23.6 Å². The largest absolute Gasteiger partial charge is 0.329 e. The van der Waals surface area contributed by atoms with Gasteiger partial charge in [-0.25, -0.2) is 0 Å². The topological polar surface area (TPSA) is 32.5 Å². The van der Waals surface area contributed by atoms with Crippen molar-refractivity contribution in [2.45, 2.75) is 38.6 Å². The number of nitrogens with zero attached hydrogens (tertiary/aromatic N) is 2. The van der Waals surface area contributed by atoms with Crippen LogP contribution in [-0.4, -0.2) is 54.6 Å². The van der Waals surface area contributed by atoms with E-state index in [4.69, 9.17) is 5.73 Å². The Labute approximate surface area is 112 Å². The first kappa shape index (κ1) is 12.9. The van der Waals surface area contributed by atoms with E-state index >= 15 is 0 Å². The maximum atomic E-state index is 6.28. The zero-order chi connectivity index (χ0) is 12.8. The highest BCUT2D eigenvalue weighted by atomic mass is 15.3. The summed E-state index contributed by atoms with van der Waals surface area (Å²) < 4.78 is 0. The molecule has 3 aliphatic rings. The Bertz CT molecular complexity index is 296. The summed E-state index contributed by atoms with van der Waals surface area (Å²) in [4.78, 5) is 5.43. The first-order valence-electron chi connectivity index (χ1n) is 7.81. The fourth-order valence-electron chi connectivity index (χ4n) is 4.87. The number of hydrogen-bond donors (Lipinski definition) is 1. The third-order valence-corrected chi connectivity index (χ3v) is 5.75. The van der Waals surface area contributed by atoms with Gasteiger partial charge in [0.1, 0.15) is 0 Å². The van der Waals surface area contributed by atoms with Crippen molar-refractivity contribution in [1.29, 1.82) is 0 Å². The maximum Gasteiger partial charge on any atom is 0.0384 e. The lowest BCUT2D eigenvalue weighted by molar-refractivity contribution is -0.0300. The van der Waals surface area contributed by atoms with Crippen LogP contribution in [0, 0.1) is 17.8 Å². The molecule has 5 atom stereocenters. The van der Waals surface area contributed by atoms with Gasteiger partial charge in [-0.15, -0.1) is 0 Å². The predicted octanol–water partition coefficient (Wildman–Crippen LogP) is 1.39. The third kappa shape index (κ3) is 2.00. The molecule has 0 saturated carbocycles. The third-order valence-electron chi connectivity index (χ3n) is 5.75. The molecule has 104 valence electrons. The van der Waals surface area contributed by atoms with E-state index in [9.17, 15) is 0 Å². The summed E-state index contributed by atoms with van der Waals surface area (Å²) in [6.07, 6.45) is 4.07. The zero-order valence-corrected chi connectivity index (χ0v) is 12.1. The highest BCUT2D eigenvalue weighted by molar-refractivity contribution is 5.06. The molecule has 3 fully saturated rings. The van der Waals surface area contributed by atoms with Crippen molar-refractivity contribution in [3.8, 4) is 0 Å². The first-order chi connectivity index (χ1) is 8.64. The number of rotatable bonds is 2. The first-order valence-corrected chi connectivity index (χ1v) is 7.81. The van der Waals surface area contributed by atoms with Crippen LogP contribution in [0.25, 0.3) is 0 Å². The van der Waals surface area contributed by atoms with E-state index in [-0.39, 0.29) is 0 Å². The van der Waals surface area contributed by atoms with E-state index in [0.29, 0.717) is 5.54 Å². The molecule has 0 aliphatic carbocycles. The quantitative estimate of drug-likeness (QED) is 0.805. The van der Waals surface area contributed by atoms with Gasteiger partial charge in [-0.3, -0.25) is 4.90 Å². The summed E-state index contributed by atoms with van der Waals surface area (Å²) in [7, 11) is 0. The van der Waals surface area contributed by atoms with Crippen molar-refractivity contribution in [1.82, 2.24) is 9.80 Å². The minimum Gasteiger partial charge on any atom is -0.329 e. The van der Waals surface area contributed by atoms with Crippen LogP contribution >= 0.6 is 0 Å². The van der Waals surface area contributed by atoms with Crippen molar-refractivity contribution < 1.29 is 0 Å². The summed E-state index contributed by atoms with van der Waals surface area (Å²) >= 11 is 0. The molecule has 18 heavy (non-hydrogen) atoms. The monoisotopic (exact) mass is 251 g/mol. The molecule has 3 nitrogen and oxygen atoms in total. The van der Waals surface area contributed by atoms with Gasteiger partial charge in [-0.2, -0.15) is 0 Å². The molecule has 0 radical (unpaired) electrons. The van der Waals surface area contributed by atoms with Crippen LogP contribution < -0.4 is 5.73 Å². The second-order valence-electron chi connectivity index (χ2n) is 7.19.